The summed E-state index contributed by atoms with van der Waals surface area (Å²) >= 11 is 1.36. The van der Waals surface area contributed by atoms with E-state index in [0.717, 1.165) is 17.8 Å². The number of nitrogens with zero attached hydrogens (tertiary/aromatic N) is 1. The molecule has 0 atom stereocenters. The number of sulfonamides is 1. The van der Waals surface area contributed by atoms with Crippen molar-refractivity contribution < 1.29 is 13.2 Å². The van der Waals surface area contributed by atoms with Crippen LogP contribution < -0.4 is 5.32 Å². The van der Waals surface area contributed by atoms with Gasteiger partial charge in [-0.25, -0.2) is 8.42 Å². The SMILES string of the molecule is CCN(CCOC)S(=O)(=O)c1ccc(CCNC(C)C)s1. The van der Waals surface area contributed by atoms with Gasteiger partial charge >= 0.3 is 0 Å². The van der Waals surface area contributed by atoms with Crippen LogP contribution in [0.3, 0.4) is 0 Å². The van der Waals surface area contributed by atoms with Gasteiger partial charge < -0.3 is 10.1 Å². The van der Waals surface area contributed by atoms with E-state index in [9.17, 15) is 8.42 Å². The predicted molar refractivity (Wildman–Crippen MR) is 87.5 cm³/mol. The summed E-state index contributed by atoms with van der Waals surface area (Å²) in [5, 5.41) is 3.33. The van der Waals surface area contributed by atoms with E-state index < -0.39 is 10.0 Å². The van der Waals surface area contributed by atoms with Crippen LogP contribution in [0.1, 0.15) is 25.6 Å². The van der Waals surface area contributed by atoms with Crippen LogP contribution in [0.4, 0.5) is 0 Å². The standard InChI is InChI=1S/C14H26N2O3S2/c1-5-16(10-11-19-4)21(17,18)14-7-6-13(20-14)8-9-15-12(2)3/h6-7,12,15H,5,8-11H2,1-4H3. The minimum Gasteiger partial charge on any atom is -0.383 e. The van der Waals surface area contributed by atoms with Crippen molar-refractivity contribution in [2.75, 3.05) is 33.4 Å². The van der Waals surface area contributed by atoms with E-state index in [0.29, 0.717) is 29.9 Å². The maximum absolute atomic E-state index is 12.5. The van der Waals surface area contributed by atoms with Crippen LogP contribution in [0.5, 0.6) is 0 Å². The van der Waals surface area contributed by atoms with E-state index in [1.807, 2.05) is 13.0 Å². The lowest BCUT2D eigenvalue weighted by Gasteiger charge is -2.18. The molecule has 0 saturated carbocycles. The Labute approximate surface area is 132 Å². The van der Waals surface area contributed by atoms with Gasteiger partial charge in [-0.2, -0.15) is 4.31 Å². The Hall–Kier alpha value is -0.470. The third kappa shape index (κ3) is 5.67. The van der Waals surface area contributed by atoms with Gasteiger partial charge in [-0.05, 0) is 18.6 Å². The molecule has 0 spiro atoms. The van der Waals surface area contributed by atoms with Crippen molar-refractivity contribution in [1.29, 1.82) is 0 Å². The molecular formula is C14H26N2O3S2. The molecule has 0 aromatic carbocycles. The second-order valence-corrected chi connectivity index (χ2v) is 8.40. The summed E-state index contributed by atoms with van der Waals surface area (Å²) in [6.45, 7) is 8.14. The first-order valence-corrected chi connectivity index (χ1v) is 9.48. The number of methoxy groups -OCH3 is 1. The van der Waals surface area contributed by atoms with Crippen LogP contribution in [0.15, 0.2) is 16.3 Å². The number of thiophene rings is 1. The fraction of sp³-hybridized carbons (Fsp3) is 0.714. The Bertz CT molecular complexity index is 512. The monoisotopic (exact) mass is 334 g/mol. The van der Waals surface area contributed by atoms with Crippen LogP contribution >= 0.6 is 11.3 Å². The first kappa shape index (κ1) is 18.6. The molecule has 0 bridgehead atoms. The van der Waals surface area contributed by atoms with Gasteiger partial charge in [-0.1, -0.05) is 20.8 Å². The molecule has 1 N–H and O–H groups in total. The Kier molecular flexibility index (Phi) is 7.83. The van der Waals surface area contributed by atoms with Crippen LogP contribution in [0.2, 0.25) is 0 Å². The van der Waals surface area contributed by atoms with Crippen molar-refractivity contribution in [2.45, 2.75) is 37.4 Å². The average molecular weight is 335 g/mol. The largest absolute Gasteiger partial charge is 0.383 e. The summed E-state index contributed by atoms with van der Waals surface area (Å²) in [5.74, 6) is 0. The normalized spacial score (nSPS) is 12.5. The number of hydrogen-bond donors (Lipinski definition) is 1. The molecule has 5 nitrogen and oxygen atoms in total. The summed E-state index contributed by atoms with van der Waals surface area (Å²) in [6.07, 6.45) is 0.850. The molecule has 0 aliphatic carbocycles. The van der Waals surface area contributed by atoms with Crippen molar-refractivity contribution in [3.05, 3.63) is 17.0 Å². The van der Waals surface area contributed by atoms with Gasteiger partial charge in [0.25, 0.3) is 10.0 Å². The van der Waals surface area contributed by atoms with Crippen molar-refractivity contribution >= 4 is 21.4 Å². The molecule has 1 rings (SSSR count). The summed E-state index contributed by atoms with van der Waals surface area (Å²) < 4.78 is 31.9. The van der Waals surface area contributed by atoms with Crippen molar-refractivity contribution in [1.82, 2.24) is 9.62 Å². The van der Waals surface area contributed by atoms with Gasteiger partial charge in [0.2, 0.25) is 0 Å². The zero-order chi connectivity index (χ0) is 15.9. The summed E-state index contributed by atoms with van der Waals surface area (Å²) in [4.78, 5) is 1.09. The topological polar surface area (TPSA) is 58.6 Å². The molecule has 0 radical (unpaired) electrons. The highest BCUT2D eigenvalue weighted by atomic mass is 32.2. The lowest BCUT2D eigenvalue weighted by atomic mass is 10.3. The van der Waals surface area contributed by atoms with Gasteiger partial charge in [-0.15, -0.1) is 11.3 Å². The molecule has 0 unspecified atom stereocenters. The Morgan fingerprint density at radius 3 is 2.67 bits per heavy atom. The molecule has 7 heteroatoms. The zero-order valence-electron chi connectivity index (χ0n) is 13.3. The minimum absolute atomic E-state index is 0.386. The van der Waals surface area contributed by atoms with Gasteiger partial charge in [0.15, 0.2) is 0 Å². The van der Waals surface area contributed by atoms with Crippen LogP contribution in [0, 0.1) is 0 Å². The van der Waals surface area contributed by atoms with Gasteiger partial charge in [0.05, 0.1) is 6.61 Å². The molecule has 0 aliphatic heterocycles. The van der Waals surface area contributed by atoms with E-state index in [-0.39, 0.29) is 0 Å². The predicted octanol–water partition coefficient (Wildman–Crippen LogP) is 1.95. The van der Waals surface area contributed by atoms with Crippen molar-refractivity contribution in [3.63, 3.8) is 0 Å². The molecule has 0 aliphatic rings. The van der Waals surface area contributed by atoms with Crippen LogP contribution in [-0.4, -0.2) is 52.1 Å². The van der Waals surface area contributed by atoms with Crippen LogP contribution in [0.25, 0.3) is 0 Å². The molecule has 0 amide bonds. The lowest BCUT2D eigenvalue weighted by Crippen LogP contribution is -2.33. The zero-order valence-corrected chi connectivity index (χ0v) is 14.9. The van der Waals surface area contributed by atoms with E-state index in [4.69, 9.17) is 4.74 Å². The number of ether oxygens (including phenoxy) is 1. The van der Waals surface area contributed by atoms with E-state index in [1.165, 1.54) is 15.6 Å². The Balaban J connectivity index is 2.72. The van der Waals surface area contributed by atoms with Crippen LogP contribution in [-0.2, 0) is 21.2 Å². The number of rotatable bonds is 10. The van der Waals surface area contributed by atoms with Crippen molar-refractivity contribution in [3.8, 4) is 0 Å². The number of nitrogens with one attached hydrogen (secondary N) is 1. The van der Waals surface area contributed by atoms with E-state index in [2.05, 4.69) is 19.2 Å². The highest BCUT2D eigenvalue weighted by Gasteiger charge is 2.24. The van der Waals surface area contributed by atoms with Gasteiger partial charge in [0, 0.05) is 37.7 Å². The molecular weight excluding hydrogens is 308 g/mol. The molecule has 1 aromatic heterocycles. The second-order valence-electron chi connectivity index (χ2n) is 5.07. The first-order valence-electron chi connectivity index (χ1n) is 7.23. The summed E-state index contributed by atoms with van der Waals surface area (Å²) in [6, 6.07) is 4.06. The number of hydrogen-bond acceptors (Lipinski definition) is 5. The third-order valence-corrected chi connectivity index (χ3v) is 6.64. The second kappa shape index (κ2) is 8.85. The van der Waals surface area contributed by atoms with E-state index in [1.54, 1.807) is 13.2 Å². The smallest absolute Gasteiger partial charge is 0.252 e. The molecule has 1 heterocycles. The highest BCUT2D eigenvalue weighted by Crippen LogP contribution is 2.25. The summed E-state index contributed by atoms with van der Waals surface area (Å²) in [7, 11) is -1.82. The fourth-order valence-corrected chi connectivity index (χ4v) is 4.83. The van der Waals surface area contributed by atoms with E-state index >= 15 is 0 Å². The minimum atomic E-state index is -3.39. The number of likely N-dealkylation sites (N-methyl/N-ethyl adjacent to an activating group) is 1. The average Bonchev–Trinajstić information content (AvgIpc) is 2.88. The fourth-order valence-electron chi connectivity index (χ4n) is 1.88. The maximum atomic E-state index is 12.5. The quantitative estimate of drug-likeness (QED) is 0.710. The molecule has 0 fully saturated rings. The van der Waals surface area contributed by atoms with Gasteiger partial charge in [-0.3, -0.25) is 0 Å². The highest BCUT2D eigenvalue weighted by molar-refractivity contribution is 7.91. The third-order valence-electron chi connectivity index (χ3n) is 3.05. The Morgan fingerprint density at radius 2 is 2.10 bits per heavy atom. The molecule has 1 aromatic rings. The first-order chi connectivity index (χ1) is 9.91. The maximum Gasteiger partial charge on any atom is 0.252 e. The van der Waals surface area contributed by atoms with Crippen molar-refractivity contribution in [2.24, 2.45) is 0 Å². The summed E-state index contributed by atoms with van der Waals surface area (Å²) in [5.41, 5.74) is 0. The Morgan fingerprint density at radius 1 is 1.38 bits per heavy atom. The van der Waals surface area contributed by atoms with Gasteiger partial charge in [0.1, 0.15) is 4.21 Å². The lowest BCUT2D eigenvalue weighted by molar-refractivity contribution is 0.180. The molecule has 0 saturated heterocycles. The molecule has 21 heavy (non-hydrogen) atoms. The molecule has 122 valence electrons.